The fraction of sp³-hybridized carbons (Fsp3) is 0.562. The van der Waals surface area contributed by atoms with Gasteiger partial charge in [0.05, 0.1) is 16.6 Å². The zero-order valence-corrected chi connectivity index (χ0v) is 13.9. The maximum Gasteiger partial charge on any atom is 0.257 e. The van der Waals surface area contributed by atoms with E-state index in [4.69, 9.17) is 4.52 Å². The van der Waals surface area contributed by atoms with Gasteiger partial charge in [0.2, 0.25) is 0 Å². The number of likely N-dealkylation sites (tertiary alicyclic amines) is 1. The highest BCUT2D eigenvalue weighted by molar-refractivity contribution is 5.97. The Morgan fingerprint density at radius 1 is 1.39 bits per heavy atom. The Hall–Kier alpha value is -1.66. The van der Waals surface area contributed by atoms with E-state index in [-0.39, 0.29) is 18.3 Å². The molecule has 4 rings (SSSR count). The standard InChI is InChI=1S/C16H20N4O2.ClH/c1-2-14-13-7-10(8-17-15(13)22-19-14)16(21)20-6-5-11-3-4-12(9-20)18-11;/h7-8,11-12,18H,2-6,9H2,1H3;1H. The highest BCUT2D eigenvalue weighted by Gasteiger charge is 2.31. The molecule has 7 heteroatoms. The minimum absolute atomic E-state index is 0. The molecule has 4 heterocycles. The van der Waals surface area contributed by atoms with Crippen LogP contribution in [0.5, 0.6) is 0 Å². The second kappa shape index (κ2) is 6.45. The number of aromatic nitrogens is 2. The fourth-order valence-electron chi connectivity index (χ4n) is 3.56. The second-order valence-electron chi connectivity index (χ2n) is 6.24. The number of hydrogen-bond acceptors (Lipinski definition) is 5. The summed E-state index contributed by atoms with van der Waals surface area (Å²) < 4.78 is 5.18. The maximum atomic E-state index is 12.8. The average Bonchev–Trinajstić information content (AvgIpc) is 3.08. The number of aryl methyl sites for hydroxylation is 1. The molecular weight excluding hydrogens is 316 g/mol. The van der Waals surface area contributed by atoms with E-state index in [2.05, 4.69) is 15.5 Å². The van der Waals surface area contributed by atoms with Gasteiger partial charge in [-0.2, -0.15) is 0 Å². The first-order valence-electron chi connectivity index (χ1n) is 8.04. The van der Waals surface area contributed by atoms with Gasteiger partial charge in [0, 0.05) is 31.4 Å². The highest BCUT2D eigenvalue weighted by Crippen LogP contribution is 2.23. The summed E-state index contributed by atoms with van der Waals surface area (Å²) in [5.41, 5.74) is 1.99. The van der Waals surface area contributed by atoms with Crippen molar-refractivity contribution >= 4 is 29.4 Å². The molecule has 2 unspecified atom stereocenters. The molecule has 0 aliphatic carbocycles. The van der Waals surface area contributed by atoms with Crippen molar-refractivity contribution in [3.05, 3.63) is 23.5 Å². The molecule has 0 spiro atoms. The molecule has 23 heavy (non-hydrogen) atoms. The molecule has 0 saturated carbocycles. The summed E-state index contributed by atoms with van der Waals surface area (Å²) in [7, 11) is 0. The molecule has 1 N–H and O–H groups in total. The molecule has 124 valence electrons. The topological polar surface area (TPSA) is 71.3 Å². The van der Waals surface area contributed by atoms with E-state index in [1.807, 2.05) is 17.9 Å². The predicted molar refractivity (Wildman–Crippen MR) is 88.9 cm³/mol. The van der Waals surface area contributed by atoms with Gasteiger partial charge in [-0.15, -0.1) is 12.4 Å². The van der Waals surface area contributed by atoms with Crippen molar-refractivity contribution in [2.45, 2.75) is 44.7 Å². The Kier molecular flexibility index (Phi) is 4.55. The summed E-state index contributed by atoms with van der Waals surface area (Å²) in [6.07, 6.45) is 5.80. The van der Waals surface area contributed by atoms with E-state index in [1.54, 1.807) is 6.20 Å². The number of carbonyl (C=O) groups is 1. The van der Waals surface area contributed by atoms with Gasteiger partial charge in [0.15, 0.2) is 0 Å². The van der Waals surface area contributed by atoms with E-state index < -0.39 is 0 Å². The number of rotatable bonds is 2. The first kappa shape index (κ1) is 16.2. The van der Waals surface area contributed by atoms with Crippen molar-refractivity contribution in [1.29, 1.82) is 0 Å². The van der Waals surface area contributed by atoms with Gasteiger partial charge >= 0.3 is 0 Å². The average molecular weight is 337 g/mol. The summed E-state index contributed by atoms with van der Waals surface area (Å²) in [4.78, 5) is 19.0. The first-order chi connectivity index (χ1) is 10.7. The number of pyridine rings is 1. The Bertz CT molecular complexity index is 717. The molecule has 0 aromatic carbocycles. The summed E-state index contributed by atoms with van der Waals surface area (Å²) >= 11 is 0. The summed E-state index contributed by atoms with van der Waals surface area (Å²) in [6, 6.07) is 2.89. The summed E-state index contributed by atoms with van der Waals surface area (Å²) in [6.45, 7) is 3.62. The van der Waals surface area contributed by atoms with Gasteiger partial charge in [0.25, 0.3) is 11.6 Å². The van der Waals surface area contributed by atoms with Crippen molar-refractivity contribution in [3.8, 4) is 0 Å². The molecule has 2 fully saturated rings. The maximum absolute atomic E-state index is 12.8. The monoisotopic (exact) mass is 336 g/mol. The smallest absolute Gasteiger partial charge is 0.257 e. The number of carbonyl (C=O) groups excluding carboxylic acids is 1. The van der Waals surface area contributed by atoms with E-state index >= 15 is 0 Å². The largest absolute Gasteiger partial charge is 0.337 e. The number of halogens is 1. The second-order valence-corrected chi connectivity index (χ2v) is 6.24. The highest BCUT2D eigenvalue weighted by atomic mass is 35.5. The van der Waals surface area contributed by atoms with Gasteiger partial charge < -0.3 is 14.7 Å². The summed E-state index contributed by atoms with van der Waals surface area (Å²) in [5.74, 6) is 0.0620. The molecule has 6 nitrogen and oxygen atoms in total. The first-order valence-corrected chi connectivity index (χ1v) is 8.04. The van der Waals surface area contributed by atoms with Gasteiger partial charge in [0.1, 0.15) is 0 Å². The molecule has 2 saturated heterocycles. The Balaban J connectivity index is 0.00000156. The number of fused-ring (bicyclic) bond motifs is 3. The molecule has 2 aliphatic heterocycles. The van der Waals surface area contributed by atoms with Crippen LogP contribution >= 0.6 is 12.4 Å². The lowest BCUT2D eigenvalue weighted by Crippen LogP contribution is -2.39. The predicted octanol–water partition coefficient (Wildman–Crippen LogP) is 2.17. The SMILES string of the molecule is CCc1noc2ncc(C(=O)N3CCC4CCC(C3)N4)cc12.Cl. The van der Waals surface area contributed by atoms with Crippen LogP contribution in [-0.2, 0) is 6.42 Å². The van der Waals surface area contributed by atoms with Gasteiger partial charge in [-0.05, 0) is 31.7 Å². The Labute approximate surface area is 141 Å². The van der Waals surface area contributed by atoms with Crippen LogP contribution in [0.2, 0.25) is 0 Å². The van der Waals surface area contributed by atoms with Crippen LogP contribution in [0, 0.1) is 0 Å². The van der Waals surface area contributed by atoms with Crippen molar-refractivity contribution < 1.29 is 9.32 Å². The fourth-order valence-corrected chi connectivity index (χ4v) is 3.56. The zero-order valence-electron chi connectivity index (χ0n) is 13.1. The van der Waals surface area contributed by atoms with Crippen molar-refractivity contribution in [1.82, 2.24) is 20.4 Å². The van der Waals surface area contributed by atoms with E-state index in [0.29, 0.717) is 23.4 Å². The van der Waals surface area contributed by atoms with Crippen LogP contribution in [0.25, 0.3) is 11.1 Å². The van der Waals surface area contributed by atoms with Gasteiger partial charge in [-0.25, -0.2) is 4.98 Å². The molecule has 2 aromatic heterocycles. The van der Waals surface area contributed by atoms with Crippen molar-refractivity contribution in [2.24, 2.45) is 0 Å². The normalized spacial score (nSPS) is 23.6. The Morgan fingerprint density at radius 2 is 2.22 bits per heavy atom. The lowest BCUT2D eigenvalue weighted by Gasteiger charge is -2.24. The molecule has 2 bridgehead atoms. The molecule has 0 radical (unpaired) electrons. The number of nitrogens with one attached hydrogen (secondary N) is 1. The van der Waals surface area contributed by atoms with Crippen LogP contribution in [-0.4, -0.2) is 46.1 Å². The van der Waals surface area contributed by atoms with Gasteiger partial charge in [-0.3, -0.25) is 4.79 Å². The van der Waals surface area contributed by atoms with Crippen molar-refractivity contribution in [2.75, 3.05) is 13.1 Å². The van der Waals surface area contributed by atoms with E-state index in [0.717, 1.165) is 43.4 Å². The molecule has 1 amide bonds. The third-order valence-corrected chi connectivity index (χ3v) is 4.80. The number of hydrogen-bond donors (Lipinski definition) is 1. The summed E-state index contributed by atoms with van der Waals surface area (Å²) in [5, 5.41) is 8.45. The third kappa shape index (κ3) is 2.93. The molecule has 2 aromatic rings. The molecule has 2 atom stereocenters. The third-order valence-electron chi connectivity index (χ3n) is 4.80. The van der Waals surface area contributed by atoms with E-state index in [9.17, 15) is 4.79 Å². The van der Waals surface area contributed by atoms with Crippen LogP contribution in [0.4, 0.5) is 0 Å². The van der Waals surface area contributed by atoms with Gasteiger partial charge in [-0.1, -0.05) is 12.1 Å². The molecule has 2 aliphatic rings. The molecular formula is C16H21ClN4O2. The number of nitrogens with zero attached hydrogens (tertiary/aromatic N) is 3. The van der Waals surface area contributed by atoms with Crippen LogP contribution < -0.4 is 5.32 Å². The van der Waals surface area contributed by atoms with Crippen LogP contribution in [0.1, 0.15) is 42.2 Å². The zero-order chi connectivity index (χ0) is 15.1. The Morgan fingerprint density at radius 3 is 3.04 bits per heavy atom. The lowest BCUT2D eigenvalue weighted by atomic mass is 10.1. The van der Waals surface area contributed by atoms with Crippen LogP contribution in [0.15, 0.2) is 16.8 Å². The minimum Gasteiger partial charge on any atom is -0.337 e. The van der Waals surface area contributed by atoms with Crippen LogP contribution in [0.3, 0.4) is 0 Å². The quantitative estimate of drug-likeness (QED) is 0.910. The van der Waals surface area contributed by atoms with E-state index in [1.165, 1.54) is 6.42 Å². The lowest BCUT2D eigenvalue weighted by molar-refractivity contribution is 0.0748. The number of amides is 1. The van der Waals surface area contributed by atoms with Crippen molar-refractivity contribution in [3.63, 3.8) is 0 Å². The minimum atomic E-state index is 0.